The lowest BCUT2D eigenvalue weighted by atomic mass is 10.2. The molecular formula is C20H18N2O5S3. The summed E-state index contributed by atoms with van der Waals surface area (Å²) in [4.78, 5) is 13.1. The monoisotopic (exact) mass is 462 g/mol. The van der Waals surface area contributed by atoms with Gasteiger partial charge in [-0.05, 0) is 47.8 Å². The van der Waals surface area contributed by atoms with Crippen molar-refractivity contribution in [3.63, 3.8) is 0 Å². The zero-order valence-electron chi connectivity index (χ0n) is 15.7. The van der Waals surface area contributed by atoms with Gasteiger partial charge in [-0.3, -0.25) is 9.52 Å². The van der Waals surface area contributed by atoms with E-state index in [1.165, 1.54) is 11.8 Å². The Kier molecular flexibility index (Phi) is 6.16. The van der Waals surface area contributed by atoms with Crippen molar-refractivity contribution in [2.45, 2.75) is 9.10 Å². The molecule has 0 saturated carbocycles. The van der Waals surface area contributed by atoms with E-state index in [9.17, 15) is 13.2 Å². The number of carbonyl (C=O) groups excluding carboxylic acids is 1. The molecule has 156 valence electrons. The van der Waals surface area contributed by atoms with E-state index < -0.39 is 10.0 Å². The standard InChI is InChI=1S/C20H18N2O5S3/c23-19(21-15-5-8-17-18(12-15)27-10-9-26-17)13-29-16-6-3-14(4-7-16)22-30(24,25)20-2-1-11-28-20/h1-8,11-12,22H,9-10,13H2,(H,21,23). The van der Waals surface area contributed by atoms with Gasteiger partial charge < -0.3 is 14.8 Å². The second-order valence-electron chi connectivity index (χ2n) is 6.26. The number of benzene rings is 2. The van der Waals surface area contributed by atoms with Crippen molar-refractivity contribution < 1.29 is 22.7 Å². The van der Waals surface area contributed by atoms with Crippen molar-refractivity contribution in [2.24, 2.45) is 0 Å². The number of sulfonamides is 1. The summed E-state index contributed by atoms with van der Waals surface area (Å²) in [6, 6.07) is 15.4. The second kappa shape index (κ2) is 8.99. The summed E-state index contributed by atoms with van der Waals surface area (Å²) in [5.41, 5.74) is 1.11. The minimum Gasteiger partial charge on any atom is -0.486 e. The van der Waals surface area contributed by atoms with E-state index in [1.54, 1.807) is 60.0 Å². The molecule has 1 amide bonds. The number of anilines is 2. The van der Waals surface area contributed by atoms with Crippen LogP contribution in [0.15, 0.2) is 69.1 Å². The smallest absolute Gasteiger partial charge is 0.271 e. The van der Waals surface area contributed by atoms with Gasteiger partial charge in [0.05, 0.1) is 5.75 Å². The second-order valence-corrected chi connectivity index (χ2v) is 10.2. The van der Waals surface area contributed by atoms with Crippen LogP contribution in [0.5, 0.6) is 11.5 Å². The number of carbonyl (C=O) groups is 1. The Bertz CT molecular complexity index is 1130. The number of thiophene rings is 1. The highest BCUT2D eigenvalue weighted by atomic mass is 32.2. The van der Waals surface area contributed by atoms with Crippen molar-refractivity contribution in [3.8, 4) is 11.5 Å². The van der Waals surface area contributed by atoms with Crippen molar-refractivity contribution >= 4 is 50.4 Å². The maximum Gasteiger partial charge on any atom is 0.271 e. The summed E-state index contributed by atoms with van der Waals surface area (Å²) >= 11 is 2.52. The number of hydrogen-bond acceptors (Lipinski definition) is 7. The summed E-state index contributed by atoms with van der Waals surface area (Å²) in [5.74, 6) is 1.35. The van der Waals surface area contributed by atoms with Gasteiger partial charge in [0, 0.05) is 22.3 Å². The first kappa shape index (κ1) is 20.6. The molecule has 4 rings (SSSR count). The maximum atomic E-state index is 12.3. The number of ether oxygens (including phenoxy) is 2. The predicted molar refractivity (Wildman–Crippen MR) is 118 cm³/mol. The highest BCUT2D eigenvalue weighted by Gasteiger charge is 2.15. The molecule has 1 aromatic heterocycles. The lowest BCUT2D eigenvalue weighted by Gasteiger charge is -2.19. The van der Waals surface area contributed by atoms with Crippen molar-refractivity contribution in [1.82, 2.24) is 0 Å². The van der Waals surface area contributed by atoms with Crippen LogP contribution in [-0.2, 0) is 14.8 Å². The van der Waals surface area contributed by atoms with Crippen molar-refractivity contribution in [3.05, 3.63) is 60.0 Å². The summed E-state index contributed by atoms with van der Waals surface area (Å²) in [7, 11) is -3.57. The van der Waals surface area contributed by atoms with Crippen LogP contribution in [0.2, 0.25) is 0 Å². The minimum atomic E-state index is -3.57. The Labute approximate surface area is 182 Å². The highest BCUT2D eigenvalue weighted by molar-refractivity contribution is 8.00. The molecule has 0 radical (unpaired) electrons. The van der Waals surface area contributed by atoms with Gasteiger partial charge in [0.25, 0.3) is 10.0 Å². The van der Waals surface area contributed by atoms with Crippen LogP contribution in [0.1, 0.15) is 0 Å². The summed E-state index contributed by atoms with van der Waals surface area (Å²) in [6.07, 6.45) is 0. The van der Waals surface area contributed by atoms with E-state index in [0.29, 0.717) is 36.1 Å². The number of amides is 1. The first-order chi connectivity index (χ1) is 14.5. The van der Waals surface area contributed by atoms with E-state index in [1.807, 2.05) is 0 Å². The third-order valence-corrected chi connectivity index (χ3v) is 7.85. The van der Waals surface area contributed by atoms with Crippen LogP contribution < -0.4 is 19.5 Å². The topological polar surface area (TPSA) is 93.7 Å². The predicted octanol–water partition coefficient (Wildman–Crippen LogP) is 4.05. The molecule has 0 unspecified atom stereocenters. The molecule has 0 fully saturated rings. The molecule has 1 aliphatic rings. The first-order valence-electron chi connectivity index (χ1n) is 8.98. The fourth-order valence-electron chi connectivity index (χ4n) is 2.71. The lowest BCUT2D eigenvalue weighted by Crippen LogP contribution is -2.17. The zero-order valence-corrected chi connectivity index (χ0v) is 18.1. The van der Waals surface area contributed by atoms with E-state index in [4.69, 9.17) is 9.47 Å². The Morgan fingerprint density at radius 1 is 1.00 bits per heavy atom. The normalized spacial score (nSPS) is 12.9. The summed E-state index contributed by atoms with van der Waals surface area (Å²) in [5, 5.41) is 4.55. The Hall–Kier alpha value is -2.69. The molecule has 0 atom stereocenters. The first-order valence-corrected chi connectivity index (χ1v) is 12.3. The van der Waals surface area contributed by atoms with E-state index in [2.05, 4.69) is 10.0 Å². The highest BCUT2D eigenvalue weighted by Crippen LogP contribution is 2.32. The molecule has 0 saturated heterocycles. The third-order valence-electron chi connectivity index (χ3n) is 4.06. The van der Waals surface area contributed by atoms with E-state index in [0.717, 1.165) is 16.2 Å². The van der Waals surface area contributed by atoms with Crippen molar-refractivity contribution in [2.75, 3.05) is 29.0 Å². The minimum absolute atomic E-state index is 0.154. The van der Waals surface area contributed by atoms with Crippen LogP contribution in [0.3, 0.4) is 0 Å². The third kappa shape index (κ3) is 5.07. The van der Waals surface area contributed by atoms with Crippen LogP contribution in [-0.4, -0.2) is 33.3 Å². The molecule has 0 spiro atoms. The average Bonchev–Trinajstić information content (AvgIpc) is 3.29. The van der Waals surface area contributed by atoms with Gasteiger partial charge in [0.2, 0.25) is 5.91 Å². The van der Waals surface area contributed by atoms with Gasteiger partial charge in [0.1, 0.15) is 17.4 Å². The molecule has 2 N–H and O–H groups in total. The molecule has 0 aliphatic carbocycles. The molecule has 1 aliphatic heterocycles. The molecule has 2 heterocycles. The number of nitrogens with one attached hydrogen (secondary N) is 2. The number of thioether (sulfide) groups is 1. The van der Waals surface area contributed by atoms with Gasteiger partial charge in [-0.1, -0.05) is 6.07 Å². The van der Waals surface area contributed by atoms with Gasteiger partial charge in [-0.25, -0.2) is 8.42 Å². The largest absolute Gasteiger partial charge is 0.486 e. The van der Waals surface area contributed by atoms with Gasteiger partial charge >= 0.3 is 0 Å². The lowest BCUT2D eigenvalue weighted by molar-refractivity contribution is -0.113. The molecule has 7 nitrogen and oxygen atoms in total. The Balaban J connectivity index is 1.30. The fourth-order valence-corrected chi connectivity index (χ4v) is 5.46. The molecular weight excluding hydrogens is 444 g/mol. The summed E-state index contributed by atoms with van der Waals surface area (Å²) < 4.78 is 38.3. The van der Waals surface area contributed by atoms with Crippen LogP contribution in [0.4, 0.5) is 11.4 Å². The average molecular weight is 463 g/mol. The quantitative estimate of drug-likeness (QED) is 0.515. The fraction of sp³-hybridized carbons (Fsp3) is 0.150. The van der Waals surface area contributed by atoms with Gasteiger partial charge in [-0.2, -0.15) is 0 Å². The number of hydrogen-bond donors (Lipinski definition) is 2. The van der Waals surface area contributed by atoms with E-state index in [-0.39, 0.29) is 15.9 Å². The van der Waals surface area contributed by atoms with E-state index >= 15 is 0 Å². The molecule has 2 aromatic carbocycles. The number of rotatable bonds is 7. The van der Waals surface area contributed by atoms with Crippen LogP contribution >= 0.6 is 23.1 Å². The molecule has 10 heteroatoms. The zero-order chi connectivity index (χ0) is 21.0. The SMILES string of the molecule is O=C(CSc1ccc(NS(=O)(=O)c2cccs2)cc1)Nc1ccc2c(c1)OCCO2. The van der Waals surface area contributed by atoms with Crippen LogP contribution in [0, 0.1) is 0 Å². The number of fused-ring (bicyclic) bond motifs is 1. The van der Waals surface area contributed by atoms with Gasteiger partial charge in [-0.15, -0.1) is 23.1 Å². The summed E-state index contributed by atoms with van der Waals surface area (Å²) in [6.45, 7) is 1.00. The Morgan fingerprint density at radius 2 is 1.73 bits per heavy atom. The molecule has 3 aromatic rings. The van der Waals surface area contributed by atoms with Crippen molar-refractivity contribution in [1.29, 1.82) is 0 Å². The Morgan fingerprint density at radius 3 is 2.47 bits per heavy atom. The van der Waals surface area contributed by atoms with Gasteiger partial charge in [0.15, 0.2) is 11.5 Å². The maximum absolute atomic E-state index is 12.3. The molecule has 30 heavy (non-hydrogen) atoms. The van der Waals surface area contributed by atoms with Crippen LogP contribution in [0.25, 0.3) is 0 Å². The molecule has 0 bridgehead atoms.